The Hall–Kier alpha value is -7.24. The topological polar surface area (TPSA) is 68.4 Å². The van der Waals surface area contributed by atoms with Gasteiger partial charge in [-0.25, -0.2) is 0 Å². The number of nitrogens with zero attached hydrogens (tertiary/aromatic N) is 1. The number of anilines is 5. The Labute approximate surface area is 448 Å². The third-order valence-corrected chi connectivity index (χ3v) is 12.8. The number of nitrogen functional groups attached to an aromatic ring is 2. The Morgan fingerprint density at radius 3 is 1.88 bits per heavy atom. The maximum Gasteiger partial charge on any atom is 0.221 e. The molecule has 1 unspecified atom stereocenters. The minimum atomic E-state index is -0.0998. The van der Waals surface area contributed by atoms with Crippen molar-refractivity contribution in [1.82, 2.24) is 0 Å². The highest BCUT2D eigenvalue weighted by Crippen LogP contribution is 2.38. The number of hydrogen-bond donors (Lipinski definition) is 2. The molecule has 6 aromatic rings. The van der Waals surface area contributed by atoms with E-state index < -0.39 is 0 Å². The number of furan rings is 1. The van der Waals surface area contributed by atoms with Crippen LogP contribution in [0.3, 0.4) is 0 Å². The summed E-state index contributed by atoms with van der Waals surface area (Å²) >= 11 is 0. The van der Waals surface area contributed by atoms with Crippen molar-refractivity contribution < 1.29 is 4.42 Å². The molecule has 1 aliphatic carbocycles. The summed E-state index contributed by atoms with van der Waals surface area (Å²) in [6.07, 6.45) is 27.5. The molecule has 0 radical (unpaired) electrons. The molecular weight excluding hydrogens is 898 g/mol. The molecular formula is C69H86BN3O. The quantitative estimate of drug-likeness (QED) is 0.0555. The van der Waals surface area contributed by atoms with E-state index in [-0.39, 0.29) is 23.4 Å². The molecule has 0 bridgehead atoms. The Bertz CT molecular complexity index is 2960. The lowest BCUT2D eigenvalue weighted by Gasteiger charge is -2.30. The standard InChI is InChI=1S/C45H56BN3.C18H16O.C3H8.C3H6/c1-11-19-35(44(5,6)7)29-34(28-32(3)12-2)33(4)46(41-30-36(45(8,9)10)24-27-42(41)47)40-26-25-39(31-43(40)48)49(37-20-15-13-16-21-37)38-22-17-14-18-23-38;1-3-7-13(2)14-10-11-18-16(12-14)15-8-5-4-6-9-17(15)19-18;2*1-3-2/h11-31,33H,47-48H2,1-10H3;3,5-12H,1,4H2,2H3;3H2,1-2H3;3H,1H2,2H3/b19-11-,32-12-,34-28-,35-29+;13-7+;;. The van der Waals surface area contributed by atoms with Gasteiger partial charge in [-0.3, -0.25) is 0 Å². The third kappa shape index (κ3) is 16.1. The number of para-hydroxylation sites is 2. The van der Waals surface area contributed by atoms with E-state index in [4.69, 9.17) is 15.9 Å². The molecule has 0 amide bonds. The predicted molar refractivity (Wildman–Crippen MR) is 334 cm³/mol. The average molecular weight is 984 g/mol. The van der Waals surface area contributed by atoms with Crippen LogP contribution in [0.2, 0.25) is 5.82 Å². The van der Waals surface area contributed by atoms with Gasteiger partial charge in [0.15, 0.2) is 0 Å². The SMILES string of the molecule is C=C/C=C(\C)c1ccc2oc3c(c2c1)C=CCC=C3.C=CC.CCC.C\C=C/C(=C\C(=C\C(C)=C/C)C(C)B(c1ccc(N(c2ccccc2)c2ccccc2)cc1N)c1cc(C(C)(C)C)ccc1N)C(C)(C)C. The first-order valence-corrected chi connectivity index (χ1v) is 26.4. The van der Waals surface area contributed by atoms with Gasteiger partial charge in [-0.05, 0) is 141 Å². The molecule has 74 heavy (non-hydrogen) atoms. The number of benzene rings is 5. The summed E-state index contributed by atoms with van der Waals surface area (Å²) in [6.45, 7) is 37.5. The molecule has 0 aliphatic heterocycles. The van der Waals surface area contributed by atoms with Crippen molar-refractivity contribution in [2.45, 2.75) is 121 Å². The largest absolute Gasteiger partial charge is 0.456 e. The molecule has 4 nitrogen and oxygen atoms in total. The first-order valence-electron chi connectivity index (χ1n) is 26.4. The summed E-state index contributed by atoms with van der Waals surface area (Å²) in [7, 11) is 0. The number of rotatable bonds is 12. The molecule has 0 saturated carbocycles. The molecule has 1 atom stereocenters. The Morgan fingerprint density at radius 2 is 1.34 bits per heavy atom. The summed E-state index contributed by atoms with van der Waals surface area (Å²) in [5.41, 5.74) is 30.4. The molecule has 1 aliphatic rings. The molecule has 5 heteroatoms. The minimum absolute atomic E-state index is 0.0329. The van der Waals surface area contributed by atoms with Crippen LogP contribution in [-0.4, -0.2) is 6.71 Å². The summed E-state index contributed by atoms with van der Waals surface area (Å²) in [5.74, 6) is 0.994. The van der Waals surface area contributed by atoms with Gasteiger partial charge >= 0.3 is 0 Å². The lowest BCUT2D eigenvalue weighted by molar-refractivity contribution is 0.516. The van der Waals surface area contributed by atoms with Gasteiger partial charge < -0.3 is 20.8 Å². The van der Waals surface area contributed by atoms with Crippen LogP contribution in [-0.2, 0) is 5.41 Å². The number of nitrogens with two attached hydrogens (primary N) is 2. The number of allylic oxidation sites excluding steroid dienone is 14. The van der Waals surface area contributed by atoms with E-state index in [1.165, 1.54) is 50.8 Å². The average Bonchev–Trinajstić information content (AvgIpc) is 3.54. The van der Waals surface area contributed by atoms with Crippen LogP contribution in [0.15, 0.2) is 210 Å². The minimum Gasteiger partial charge on any atom is -0.456 e. The lowest BCUT2D eigenvalue weighted by Crippen LogP contribution is -2.48. The zero-order valence-corrected chi connectivity index (χ0v) is 47.4. The molecule has 5 aromatic carbocycles. The molecule has 0 spiro atoms. The van der Waals surface area contributed by atoms with Crippen molar-refractivity contribution in [3.8, 4) is 0 Å². The normalized spacial score (nSPS) is 13.3. The molecule has 4 N–H and O–H groups in total. The molecule has 386 valence electrons. The van der Waals surface area contributed by atoms with Crippen molar-refractivity contribution in [3.63, 3.8) is 0 Å². The van der Waals surface area contributed by atoms with Crippen LogP contribution in [0.1, 0.15) is 132 Å². The molecule has 1 aromatic heterocycles. The highest BCUT2D eigenvalue weighted by molar-refractivity contribution is 6.88. The second-order valence-electron chi connectivity index (χ2n) is 21.0. The van der Waals surface area contributed by atoms with Gasteiger partial charge in [-0.1, -0.05) is 225 Å². The zero-order chi connectivity index (χ0) is 54.6. The fraction of sp³-hybridized carbons (Fsp3) is 0.275. The van der Waals surface area contributed by atoms with E-state index in [1.54, 1.807) is 6.08 Å². The molecule has 0 fully saturated rings. The van der Waals surface area contributed by atoms with Gasteiger partial charge in [0.2, 0.25) is 6.71 Å². The molecule has 0 saturated heterocycles. The summed E-state index contributed by atoms with van der Waals surface area (Å²) in [5, 5.41) is 1.17. The highest BCUT2D eigenvalue weighted by Gasteiger charge is 2.33. The van der Waals surface area contributed by atoms with E-state index >= 15 is 0 Å². The van der Waals surface area contributed by atoms with Crippen LogP contribution < -0.4 is 27.3 Å². The summed E-state index contributed by atoms with van der Waals surface area (Å²) < 4.78 is 5.89. The van der Waals surface area contributed by atoms with E-state index in [0.717, 1.165) is 57.1 Å². The van der Waals surface area contributed by atoms with Crippen LogP contribution in [0.4, 0.5) is 28.4 Å². The second kappa shape index (κ2) is 28.3. The van der Waals surface area contributed by atoms with Crippen LogP contribution >= 0.6 is 0 Å². The predicted octanol–water partition coefficient (Wildman–Crippen LogP) is 19.1. The van der Waals surface area contributed by atoms with Crippen molar-refractivity contribution in [2.24, 2.45) is 5.41 Å². The first-order chi connectivity index (χ1) is 35.3. The van der Waals surface area contributed by atoms with Gasteiger partial charge in [0, 0.05) is 39.4 Å². The van der Waals surface area contributed by atoms with E-state index in [0.29, 0.717) is 0 Å². The summed E-state index contributed by atoms with van der Waals surface area (Å²) in [6, 6.07) is 40.3. The third-order valence-electron chi connectivity index (χ3n) is 12.8. The second-order valence-corrected chi connectivity index (χ2v) is 21.0. The fourth-order valence-electron chi connectivity index (χ4n) is 8.71. The monoisotopic (exact) mass is 984 g/mol. The van der Waals surface area contributed by atoms with Gasteiger partial charge in [-0.15, -0.1) is 6.58 Å². The van der Waals surface area contributed by atoms with Crippen molar-refractivity contribution in [1.29, 1.82) is 0 Å². The Kier molecular flexibility index (Phi) is 22.7. The number of fused-ring (bicyclic) bond motifs is 3. The maximum atomic E-state index is 7.19. The molecule has 1 heterocycles. The van der Waals surface area contributed by atoms with Gasteiger partial charge in [0.1, 0.15) is 11.3 Å². The maximum absolute atomic E-state index is 7.19. The molecule has 7 rings (SSSR count). The number of hydrogen-bond acceptors (Lipinski definition) is 4. The van der Waals surface area contributed by atoms with Crippen molar-refractivity contribution >= 4 is 74.8 Å². The Morgan fingerprint density at radius 1 is 0.730 bits per heavy atom. The highest BCUT2D eigenvalue weighted by atomic mass is 16.3. The van der Waals surface area contributed by atoms with Crippen LogP contribution in [0.25, 0.3) is 28.7 Å². The first kappa shape index (κ1) is 59.3. The van der Waals surface area contributed by atoms with Crippen LogP contribution in [0, 0.1) is 5.41 Å². The van der Waals surface area contributed by atoms with Crippen molar-refractivity contribution in [2.75, 3.05) is 16.4 Å². The lowest BCUT2D eigenvalue weighted by atomic mass is 9.32. The Balaban J connectivity index is 0.000000388. The zero-order valence-electron chi connectivity index (χ0n) is 47.4. The van der Waals surface area contributed by atoms with Gasteiger partial charge in [0.05, 0.1) is 0 Å². The smallest absolute Gasteiger partial charge is 0.221 e. The fourth-order valence-corrected chi connectivity index (χ4v) is 8.71. The van der Waals surface area contributed by atoms with Crippen molar-refractivity contribution in [3.05, 3.63) is 228 Å². The summed E-state index contributed by atoms with van der Waals surface area (Å²) in [4.78, 5) is 2.25. The van der Waals surface area contributed by atoms with Gasteiger partial charge in [0.25, 0.3) is 0 Å². The van der Waals surface area contributed by atoms with E-state index in [1.807, 2.05) is 37.3 Å². The van der Waals surface area contributed by atoms with Gasteiger partial charge in [-0.2, -0.15) is 0 Å². The van der Waals surface area contributed by atoms with E-state index in [9.17, 15) is 0 Å². The van der Waals surface area contributed by atoms with E-state index in [2.05, 4.69) is 260 Å². The van der Waals surface area contributed by atoms with Crippen LogP contribution in [0.5, 0.6) is 0 Å².